The molecular weight excluding hydrogens is 522 g/mol. The Hall–Kier alpha value is -3.36. The van der Waals surface area contributed by atoms with Crippen LogP contribution in [0.5, 0.6) is 0 Å². The van der Waals surface area contributed by atoms with E-state index in [4.69, 9.17) is 11.6 Å². The fourth-order valence-corrected chi connectivity index (χ4v) is 5.78. The van der Waals surface area contributed by atoms with Gasteiger partial charge in [0.05, 0.1) is 10.6 Å². The largest absolute Gasteiger partial charge is 0.357 e. The number of nitrogens with zero attached hydrogens (tertiary/aromatic N) is 2. The molecule has 9 heteroatoms. The molecule has 202 valence electrons. The first-order valence-electron chi connectivity index (χ1n) is 12.4. The number of anilines is 1. The van der Waals surface area contributed by atoms with Gasteiger partial charge in [0.2, 0.25) is 11.8 Å². The van der Waals surface area contributed by atoms with Gasteiger partial charge in [0.1, 0.15) is 12.6 Å². The van der Waals surface area contributed by atoms with Crippen molar-refractivity contribution in [2.75, 3.05) is 17.9 Å². The number of amides is 2. The summed E-state index contributed by atoms with van der Waals surface area (Å²) in [5.41, 5.74) is 3.80. The van der Waals surface area contributed by atoms with Crippen LogP contribution in [0.15, 0.2) is 71.6 Å². The predicted octanol–water partition coefficient (Wildman–Crippen LogP) is 5.01. The first kappa shape index (κ1) is 29.2. The molecule has 7 nitrogen and oxygen atoms in total. The summed E-state index contributed by atoms with van der Waals surface area (Å²) >= 11 is 6.36. The molecule has 1 atom stereocenters. The first-order chi connectivity index (χ1) is 18.0. The van der Waals surface area contributed by atoms with Crippen LogP contribution in [-0.4, -0.2) is 44.8 Å². The molecule has 0 radical (unpaired) electrons. The normalized spacial score (nSPS) is 12.1. The summed E-state index contributed by atoms with van der Waals surface area (Å²) in [5.74, 6) is -0.825. The van der Waals surface area contributed by atoms with Gasteiger partial charge in [-0.15, -0.1) is 0 Å². The lowest BCUT2D eigenvalue weighted by molar-refractivity contribution is -0.140. The maximum atomic E-state index is 13.9. The number of rotatable bonds is 10. The number of halogens is 1. The highest BCUT2D eigenvalue weighted by molar-refractivity contribution is 7.92. The van der Waals surface area contributed by atoms with E-state index in [0.717, 1.165) is 26.6 Å². The monoisotopic (exact) mass is 555 g/mol. The Bertz CT molecular complexity index is 1410. The lowest BCUT2D eigenvalue weighted by Crippen LogP contribution is -2.51. The molecule has 0 spiro atoms. The van der Waals surface area contributed by atoms with Crippen molar-refractivity contribution in [2.24, 2.45) is 0 Å². The van der Waals surface area contributed by atoms with Crippen LogP contribution >= 0.6 is 11.6 Å². The third kappa shape index (κ3) is 6.74. The van der Waals surface area contributed by atoms with Gasteiger partial charge in [-0.25, -0.2) is 8.42 Å². The number of sulfonamides is 1. The Morgan fingerprint density at radius 2 is 1.63 bits per heavy atom. The van der Waals surface area contributed by atoms with Gasteiger partial charge >= 0.3 is 0 Å². The third-order valence-electron chi connectivity index (χ3n) is 6.40. The van der Waals surface area contributed by atoms with Gasteiger partial charge in [-0.2, -0.15) is 0 Å². The van der Waals surface area contributed by atoms with E-state index in [-0.39, 0.29) is 23.0 Å². The van der Waals surface area contributed by atoms with E-state index < -0.39 is 28.5 Å². The minimum Gasteiger partial charge on any atom is -0.357 e. The molecule has 0 saturated carbocycles. The summed E-state index contributed by atoms with van der Waals surface area (Å²) in [4.78, 5) is 28.2. The fourth-order valence-electron chi connectivity index (χ4n) is 4.20. The van der Waals surface area contributed by atoms with E-state index in [9.17, 15) is 18.0 Å². The Kier molecular flexibility index (Phi) is 9.57. The smallest absolute Gasteiger partial charge is 0.264 e. The Labute approximate surface area is 230 Å². The molecule has 3 aromatic rings. The van der Waals surface area contributed by atoms with Crippen molar-refractivity contribution in [1.82, 2.24) is 10.2 Å². The van der Waals surface area contributed by atoms with Gasteiger partial charge in [0.25, 0.3) is 10.0 Å². The van der Waals surface area contributed by atoms with E-state index in [1.165, 1.54) is 30.1 Å². The lowest BCUT2D eigenvalue weighted by Gasteiger charge is -2.33. The molecule has 0 aliphatic carbocycles. The molecule has 0 heterocycles. The van der Waals surface area contributed by atoms with E-state index in [1.807, 2.05) is 52.0 Å². The number of hydrogen-bond donors (Lipinski definition) is 1. The molecule has 3 aromatic carbocycles. The molecule has 0 unspecified atom stereocenters. The average molecular weight is 556 g/mol. The molecule has 0 aliphatic heterocycles. The minimum atomic E-state index is -4.14. The van der Waals surface area contributed by atoms with Crippen LogP contribution in [0.4, 0.5) is 5.69 Å². The summed E-state index contributed by atoms with van der Waals surface area (Å²) in [6.07, 6.45) is 0.359. The van der Waals surface area contributed by atoms with Gasteiger partial charge in [0.15, 0.2) is 0 Å². The molecule has 0 aliphatic rings. The highest BCUT2D eigenvalue weighted by Crippen LogP contribution is 2.29. The molecule has 38 heavy (non-hydrogen) atoms. The molecule has 0 fully saturated rings. The van der Waals surface area contributed by atoms with Crippen LogP contribution in [0, 0.1) is 20.8 Å². The zero-order chi connectivity index (χ0) is 28.0. The first-order valence-corrected chi connectivity index (χ1v) is 14.2. The molecule has 0 saturated heterocycles. The molecular formula is C29H34ClN3O4S. The second-order valence-electron chi connectivity index (χ2n) is 9.31. The van der Waals surface area contributed by atoms with E-state index in [2.05, 4.69) is 5.32 Å². The van der Waals surface area contributed by atoms with Gasteiger partial charge < -0.3 is 10.2 Å². The summed E-state index contributed by atoms with van der Waals surface area (Å²) in [6, 6.07) is 18.2. The molecule has 0 aromatic heterocycles. The minimum absolute atomic E-state index is 0.0520. The summed E-state index contributed by atoms with van der Waals surface area (Å²) in [5, 5.41) is 3.01. The topological polar surface area (TPSA) is 86.8 Å². The van der Waals surface area contributed by atoms with Crippen LogP contribution in [0.2, 0.25) is 5.02 Å². The van der Waals surface area contributed by atoms with Crippen molar-refractivity contribution < 1.29 is 18.0 Å². The number of benzene rings is 3. The predicted molar refractivity (Wildman–Crippen MR) is 152 cm³/mol. The number of carbonyl (C=O) groups is 2. The number of nitrogens with one attached hydrogen (secondary N) is 1. The number of aryl methyl sites for hydroxylation is 3. The number of likely N-dealkylation sites (N-methyl/N-ethyl adjacent to an activating group) is 1. The van der Waals surface area contributed by atoms with Crippen LogP contribution in [-0.2, 0) is 26.2 Å². The van der Waals surface area contributed by atoms with Crippen molar-refractivity contribution in [3.63, 3.8) is 0 Å². The Balaban J connectivity index is 2.09. The van der Waals surface area contributed by atoms with E-state index >= 15 is 0 Å². The van der Waals surface area contributed by atoms with Gasteiger partial charge in [-0.05, 0) is 62.6 Å². The summed E-state index contributed by atoms with van der Waals surface area (Å²) < 4.78 is 28.8. The van der Waals surface area contributed by atoms with Crippen molar-refractivity contribution in [3.8, 4) is 0 Å². The second kappa shape index (κ2) is 12.5. The Morgan fingerprint density at radius 3 is 2.21 bits per heavy atom. The lowest BCUT2D eigenvalue weighted by atomic mass is 10.1. The molecule has 0 bridgehead atoms. The highest BCUT2D eigenvalue weighted by Gasteiger charge is 2.33. The average Bonchev–Trinajstić information content (AvgIpc) is 2.88. The molecule has 1 N–H and O–H groups in total. The van der Waals surface area contributed by atoms with Crippen LogP contribution in [0.3, 0.4) is 0 Å². The maximum absolute atomic E-state index is 13.9. The number of hydrogen-bond acceptors (Lipinski definition) is 4. The van der Waals surface area contributed by atoms with E-state index in [0.29, 0.717) is 11.4 Å². The SMILES string of the molecule is CC[C@H](C(=O)NC)N(Cc1cccc(C)c1)C(=O)CN(c1ccc(C)c(Cl)c1)S(=O)(=O)c1ccc(C)cc1. The van der Waals surface area contributed by atoms with Crippen LogP contribution in [0.25, 0.3) is 0 Å². The van der Waals surface area contributed by atoms with Crippen LogP contribution in [0.1, 0.15) is 35.6 Å². The van der Waals surface area contributed by atoms with Crippen molar-refractivity contribution in [1.29, 1.82) is 0 Å². The third-order valence-corrected chi connectivity index (χ3v) is 8.59. The standard InChI is InChI=1S/C29H34ClN3O4S/c1-6-27(29(35)31-5)32(18-23-9-7-8-21(3)16-23)28(34)19-33(24-13-12-22(4)26(30)17-24)38(36,37)25-14-10-20(2)11-15-25/h7-17,27H,6,18-19H2,1-5H3,(H,31,35)/t27-/m1/s1. The maximum Gasteiger partial charge on any atom is 0.264 e. The Morgan fingerprint density at radius 1 is 0.947 bits per heavy atom. The van der Waals surface area contributed by atoms with Crippen molar-refractivity contribution in [3.05, 3.63) is 94.0 Å². The summed E-state index contributed by atoms with van der Waals surface area (Å²) in [6.45, 7) is 7.09. The van der Waals surface area contributed by atoms with Gasteiger partial charge in [-0.3, -0.25) is 13.9 Å². The van der Waals surface area contributed by atoms with Crippen molar-refractivity contribution in [2.45, 2.75) is 51.6 Å². The van der Waals surface area contributed by atoms with Gasteiger partial charge in [-0.1, -0.05) is 72.1 Å². The fraction of sp³-hybridized carbons (Fsp3) is 0.310. The summed E-state index contributed by atoms with van der Waals surface area (Å²) in [7, 11) is -2.62. The van der Waals surface area contributed by atoms with Gasteiger partial charge in [0, 0.05) is 18.6 Å². The zero-order valence-corrected chi connectivity index (χ0v) is 23.9. The highest BCUT2D eigenvalue weighted by atomic mass is 35.5. The van der Waals surface area contributed by atoms with E-state index in [1.54, 1.807) is 24.3 Å². The second-order valence-corrected chi connectivity index (χ2v) is 11.6. The van der Waals surface area contributed by atoms with Crippen LogP contribution < -0.4 is 9.62 Å². The number of carbonyl (C=O) groups excluding carboxylic acids is 2. The molecule has 2 amide bonds. The quantitative estimate of drug-likeness (QED) is 0.381. The zero-order valence-electron chi connectivity index (χ0n) is 22.4. The molecule has 3 rings (SSSR count). The van der Waals surface area contributed by atoms with Crippen molar-refractivity contribution >= 4 is 39.1 Å².